The number of fused-ring (bicyclic) bond motifs is 2. The van der Waals surface area contributed by atoms with Gasteiger partial charge in [-0.05, 0) is 31.7 Å². The molecule has 0 aliphatic carbocycles. The van der Waals surface area contributed by atoms with Crippen LogP contribution in [0.2, 0.25) is 0 Å². The fourth-order valence-corrected chi connectivity index (χ4v) is 7.14. The van der Waals surface area contributed by atoms with Gasteiger partial charge in [0.25, 0.3) is 0 Å². The van der Waals surface area contributed by atoms with Gasteiger partial charge in [-0.2, -0.15) is 0 Å². The molecule has 1 unspecified atom stereocenters. The zero-order valence-corrected chi connectivity index (χ0v) is 25.2. The summed E-state index contributed by atoms with van der Waals surface area (Å²) in [6, 6.07) is 7.43. The third kappa shape index (κ3) is 5.62. The number of esters is 1. The minimum absolute atomic E-state index is 0.0707. The van der Waals surface area contributed by atoms with Crippen molar-refractivity contribution in [1.82, 2.24) is 15.1 Å². The highest BCUT2D eigenvalue weighted by molar-refractivity contribution is 5.99. The Labute approximate surface area is 253 Å². The second-order valence-electron chi connectivity index (χ2n) is 12.0. The number of nitrogens with zero attached hydrogens (tertiary/aromatic N) is 2. The van der Waals surface area contributed by atoms with Crippen LogP contribution in [-0.4, -0.2) is 88.1 Å². The second-order valence-corrected chi connectivity index (χ2v) is 12.0. The van der Waals surface area contributed by atoms with E-state index in [2.05, 4.69) is 12.2 Å². The van der Waals surface area contributed by atoms with E-state index in [1.807, 2.05) is 50.3 Å². The minimum Gasteiger partial charge on any atom is -0.455 e. The number of hydrogen-bond acceptors (Lipinski definition) is 7. The van der Waals surface area contributed by atoms with E-state index in [0.717, 1.165) is 12.8 Å². The quantitative estimate of drug-likeness (QED) is 0.368. The molecule has 1 aromatic carbocycles. The van der Waals surface area contributed by atoms with E-state index >= 15 is 0 Å². The van der Waals surface area contributed by atoms with E-state index in [-0.39, 0.29) is 37.4 Å². The number of aliphatic hydroxyl groups excluding tert-OH is 1. The van der Waals surface area contributed by atoms with Crippen LogP contribution in [0.1, 0.15) is 64.5 Å². The summed E-state index contributed by atoms with van der Waals surface area (Å²) in [6.07, 6.45) is 8.32. The lowest BCUT2D eigenvalue weighted by molar-refractivity contribution is -0.161. The Morgan fingerprint density at radius 2 is 1.86 bits per heavy atom. The van der Waals surface area contributed by atoms with Crippen LogP contribution in [-0.2, 0) is 28.7 Å². The average molecular weight is 594 g/mol. The Morgan fingerprint density at radius 1 is 1.09 bits per heavy atom. The summed E-state index contributed by atoms with van der Waals surface area (Å²) in [4.78, 5) is 58.8. The van der Waals surface area contributed by atoms with Crippen LogP contribution in [0.15, 0.2) is 54.6 Å². The monoisotopic (exact) mass is 593 g/mol. The number of hydrogen-bond donors (Lipinski definition) is 2. The van der Waals surface area contributed by atoms with Gasteiger partial charge in [0.2, 0.25) is 17.7 Å². The third-order valence-corrected chi connectivity index (χ3v) is 9.33. The van der Waals surface area contributed by atoms with Crippen molar-refractivity contribution in [2.45, 2.75) is 88.8 Å². The summed E-state index contributed by atoms with van der Waals surface area (Å²) in [5, 5.41) is 13.2. The van der Waals surface area contributed by atoms with Crippen molar-refractivity contribution >= 4 is 23.7 Å². The standard InChI is InChI=1S/C33H43N3O7/c1-4-12-21(3)35-18-11-17-33-28(30(39)36(23(5-2)20-37)29(33)31(35)40)27-24(43-33)15-9-10-16-26(38)34-19-25(42-32(27)41)22-13-7-6-8-14-22/h6-9,11,13-15,17,21,23-25,27-29,37H,4-5,10,12,16,18-20H2,1-3H3,(H,34,38)/b15-9-/t21?,23-,24+,25-,27-,28-,29+,33-/m0/s1. The number of likely N-dealkylation sites (tertiary alicyclic amines) is 1. The first-order valence-corrected chi connectivity index (χ1v) is 15.5. The fourth-order valence-electron chi connectivity index (χ4n) is 7.14. The van der Waals surface area contributed by atoms with Gasteiger partial charge >= 0.3 is 5.97 Å². The van der Waals surface area contributed by atoms with Crippen LogP contribution in [0.4, 0.5) is 0 Å². The van der Waals surface area contributed by atoms with Crippen LogP contribution in [0.25, 0.3) is 0 Å². The van der Waals surface area contributed by atoms with Crippen molar-refractivity contribution in [2.75, 3.05) is 19.7 Å². The molecule has 0 radical (unpaired) electrons. The molecular weight excluding hydrogens is 550 g/mol. The lowest BCUT2D eigenvalue weighted by Gasteiger charge is -2.39. The van der Waals surface area contributed by atoms with Gasteiger partial charge < -0.3 is 29.7 Å². The lowest BCUT2D eigenvalue weighted by atomic mass is 9.77. The molecule has 2 N–H and O–H groups in total. The SMILES string of the molecule is CCCC(C)N1CC=C[C@]23O[C@@H]4/C=C\CCC(=O)NC[C@@H](c5ccccc5)OC(=O)[C@@H]4[C@H]2C(=O)N([C@@H](CC)CO)[C@@H]3C1=O. The number of cyclic esters (lactones) is 1. The van der Waals surface area contributed by atoms with E-state index in [4.69, 9.17) is 9.47 Å². The first kappa shape index (κ1) is 30.9. The van der Waals surface area contributed by atoms with Crippen molar-refractivity contribution in [3.8, 4) is 0 Å². The van der Waals surface area contributed by atoms with Crippen molar-refractivity contribution in [3.05, 3.63) is 60.2 Å². The van der Waals surface area contributed by atoms with Gasteiger partial charge in [0.1, 0.15) is 23.7 Å². The number of amides is 3. The van der Waals surface area contributed by atoms with Gasteiger partial charge in [-0.15, -0.1) is 0 Å². The number of carbonyl (C=O) groups is 4. The predicted molar refractivity (Wildman–Crippen MR) is 158 cm³/mol. The summed E-state index contributed by atoms with van der Waals surface area (Å²) in [5.41, 5.74) is -0.713. The highest BCUT2D eigenvalue weighted by Gasteiger charge is 2.72. The third-order valence-electron chi connectivity index (χ3n) is 9.33. The van der Waals surface area contributed by atoms with E-state index in [9.17, 15) is 24.3 Å². The molecule has 2 fully saturated rings. The smallest absolute Gasteiger partial charge is 0.313 e. The molecule has 1 aromatic rings. The Kier molecular flexibility index (Phi) is 9.36. The minimum atomic E-state index is -1.42. The van der Waals surface area contributed by atoms with Gasteiger partial charge in [-0.1, -0.05) is 74.9 Å². The molecule has 1 spiro atoms. The van der Waals surface area contributed by atoms with Crippen LogP contribution in [0, 0.1) is 11.8 Å². The van der Waals surface area contributed by atoms with Crippen molar-refractivity contribution in [3.63, 3.8) is 0 Å². The predicted octanol–water partition coefficient (Wildman–Crippen LogP) is 2.68. The Balaban J connectivity index is 1.60. The molecule has 8 atom stereocenters. The van der Waals surface area contributed by atoms with Gasteiger partial charge in [0.15, 0.2) is 0 Å². The summed E-state index contributed by atoms with van der Waals surface area (Å²) < 4.78 is 12.8. The van der Waals surface area contributed by atoms with E-state index in [0.29, 0.717) is 24.9 Å². The van der Waals surface area contributed by atoms with Gasteiger partial charge in [0, 0.05) is 19.0 Å². The molecule has 3 amide bonds. The number of carbonyl (C=O) groups excluding carboxylic acids is 4. The Bertz CT molecular complexity index is 1260. The number of aliphatic hydroxyl groups is 1. The Hall–Kier alpha value is -3.50. The molecule has 10 nitrogen and oxygen atoms in total. The van der Waals surface area contributed by atoms with Crippen molar-refractivity contribution in [1.29, 1.82) is 0 Å². The summed E-state index contributed by atoms with van der Waals surface area (Å²) in [5.74, 6) is -3.52. The number of benzene rings is 1. The van der Waals surface area contributed by atoms with E-state index < -0.39 is 53.6 Å². The highest BCUT2D eigenvalue weighted by Crippen LogP contribution is 2.54. The molecule has 0 bridgehead atoms. The van der Waals surface area contributed by atoms with Gasteiger partial charge in [-0.25, -0.2) is 0 Å². The molecule has 10 heteroatoms. The van der Waals surface area contributed by atoms with E-state index in [1.54, 1.807) is 23.1 Å². The number of rotatable bonds is 7. The maximum atomic E-state index is 14.5. The lowest BCUT2D eigenvalue weighted by Crippen LogP contribution is -2.59. The van der Waals surface area contributed by atoms with Crippen LogP contribution in [0.3, 0.4) is 0 Å². The molecule has 4 heterocycles. The maximum Gasteiger partial charge on any atom is 0.313 e. The summed E-state index contributed by atoms with van der Waals surface area (Å²) >= 11 is 0. The van der Waals surface area contributed by atoms with Gasteiger partial charge in [-0.3, -0.25) is 19.2 Å². The molecule has 5 rings (SSSR count). The molecule has 4 aliphatic rings. The van der Waals surface area contributed by atoms with Crippen LogP contribution in [0.5, 0.6) is 0 Å². The summed E-state index contributed by atoms with van der Waals surface area (Å²) in [6.45, 7) is 6.03. The molecule has 4 aliphatic heterocycles. The fraction of sp³-hybridized carbons (Fsp3) is 0.576. The molecule has 43 heavy (non-hydrogen) atoms. The number of ether oxygens (including phenoxy) is 2. The first-order chi connectivity index (χ1) is 20.8. The van der Waals surface area contributed by atoms with E-state index in [1.165, 1.54) is 4.90 Å². The van der Waals surface area contributed by atoms with Crippen molar-refractivity contribution < 1.29 is 33.8 Å². The molecular formula is C33H43N3O7. The van der Waals surface area contributed by atoms with Gasteiger partial charge in [0.05, 0.1) is 31.2 Å². The average Bonchev–Trinajstić information content (AvgIpc) is 3.39. The molecule has 2 saturated heterocycles. The second kappa shape index (κ2) is 13.0. The summed E-state index contributed by atoms with van der Waals surface area (Å²) in [7, 11) is 0. The first-order valence-electron chi connectivity index (χ1n) is 15.5. The topological polar surface area (TPSA) is 125 Å². The highest BCUT2D eigenvalue weighted by atomic mass is 16.6. The number of allylic oxidation sites excluding steroid dienone is 1. The van der Waals surface area contributed by atoms with Crippen molar-refractivity contribution in [2.24, 2.45) is 11.8 Å². The zero-order chi connectivity index (χ0) is 30.7. The molecule has 232 valence electrons. The van der Waals surface area contributed by atoms with Crippen LogP contribution >= 0.6 is 0 Å². The normalized spacial score (nSPS) is 33.3. The Morgan fingerprint density at radius 3 is 2.56 bits per heavy atom. The largest absolute Gasteiger partial charge is 0.455 e. The maximum absolute atomic E-state index is 14.5. The molecule has 0 aromatic heterocycles. The zero-order valence-electron chi connectivity index (χ0n) is 25.2. The number of nitrogens with one attached hydrogen (secondary N) is 1. The molecule has 0 saturated carbocycles. The van der Waals surface area contributed by atoms with Crippen LogP contribution < -0.4 is 5.32 Å².